The fourth-order valence-electron chi connectivity index (χ4n) is 10.5. The number of nitrogens with two attached hydrogens (primary N) is 4. The molecule has 0 aliphatic heterocycles. The number of hydrogen-bond donors (Lipinski definition) is 22. The lowest BCUT2D eigenvalue weighted by molar-refractivity contribution is -0.142. The Labute approximate surface area is 601 Å². The average Bonchev–Trinajstić information content (AvgIpc) is 1.59. The molecule has 37 nitrogen and oxygen atoms in total. The van der Waals surface area contributed by atoms with Gasteiger partial charge in [0.25, 0.3) is 0 Å². The van der Waals surface area contributed by atoms with Crippen molar-refractivity contribution in [3.63, 3.8) is 0 Å². The van der Waals surface area contributed by atoms with Gasteiger partial charge in [-0.25, -0.2) is 0 Å². The van der Waals surface area contributed by atoms with E-state index in [4.69, 9.17) is 22.9 Å². The van der Waals surface area contributed by atoms with Gasteiger partial charge in [-0.3, -0.25) is 71.9 Å². The molecule has 3 rings (SSSR count). The molecular weight excluding hydrogens is 1360 g/mol. The molecule has 104 heavy (non-hydrogen) atoms. The highest BCUT2D eigenvalue weighted by Gasteiger charge is 2.38. The summed E-state index contributed by atoms with van der Waals surface area (Å²) in [4.78, 5) is 205. The summed E-state index contributed by atoms with van der Waals surface area (Å²) in [6, 6.07) is -3.06. The van der Waals surface area contributed by atoms with Crippen LogP contribution in [0.4, 0.5) is 0 Å². The molecule has 13 atom stereocenters. The van der Waals surface area contributed by atoms with E-state index in [0.717, 1.165) is 0 Å². The minimum absolute atomic E-state index is 0.0231. The molecule has 0 aliphatic rings. The number of fused-ring (bicyclic) bond motifs is 1. The minimum atomic E-state index is -1.87. The number of carbonyl (C=O) groups excluding carboxylic acids is 13. The average molecular weight is 1470 g/mol. The maximum atomic E-state index is 14.5. The van der Waals surface area contributed by atoms with Gasteiger partial charge in [-0.05, 0) is 87.2 Å². The highest BCUT2D eigenvalue weighted by molar-refractivity contribution is 6.00. The van der Waals surface area contributed by atoms with Gasteiger partial charge in [-0.1, -0.05) is 96.5 Å². The van der Waals surface area contributed by atoms with Crippen LogP contribution in [0.3, 0.4) is 0 Å². The second-order valence-electron chi connectivity index (χ2n) is 25.5. The quantitative estimate of drug-likeness (QED) is 0.0250. The summed E-state index contributed by atoms with van der Waals surface area (Å²) >= 11 is 0. The van der Waals surface area contributed by atoms with E-state index in [1.807, 2.05) is 0 Å². The van der Waals surface area contributed by atoms with E-state index in [0.29, 0.717) is 28.5 Å². The number of hydrogen-bond acceptors (Lipinski definition) is 21. The molecule has 3 aromatic rings. The van der Waals surface area contributed by atoms with Crippen LogP contribution in [-0.2, 0) is 84.8 Å². The Morgan fingerprint density at radius 3 is 1.33 bits per heavy atom. The normalized spacial score (nSPS) is 15.0. The summed E-state index contributed by atoms with van der Waals surface area (Å²) in [5.74, 6) is -16.7. The van der Waals surface area contributed by atoms with E-state index in [1.54, 1.807) is 96.1 Å². The Morgan fingerprint density at radius 2 is 0.827 bits per heavy atom. The van der Waals surface area contributed by atoms with Crippen LogP contribution in [0.25, 0.3) is 10.9 Å². The molecule has 1 heterocycles. The zero-order chi connectivity index (χ0) is 77.9. The number of aromatic nitrogens is 1. The van der Waals surface area contributed by atoms with E-state index >= 15 is 0 Å². The standard InChI is InChI=1S/C67H104N18O19/c1-8-36(6)55(66(102)74-37(7)67(103)104)85-65(101)54(35(4)5)84-59(95)42(18-19-52(90)91)76-60(96)46(28-38-14-10-9-11-15-38)80-58(94)45(22-26-70)77-57(93)44(21-25-69)78-63(99)49(33-87)82-61(97)47(29-39-30-72-41-17-13-12-16-40(39)41)81-62(98)48(32-86)75-51(89)31-73-56(92)43(20-24-68)79-64(100)53(34(2)3)83-50(88)23-27-71/h9-17,30,34-37,42-49,53-55,72,86-87H,8,18-29,31-33,68-71H2,1-7H3,(H,73,92)(H,74,102)(H,75,89)(H,76,96)(H,77,93)(H,78,99)(H,79,100)(H,80,94)(H,81,98)(H,82,97)(H,83,88)(H,84,95)(H,85,101)(H,90,91)(H,103,104)/t36-,37-,42-,43+,44-,45+,46-,47+,48+,49-,53+,54-,55+/m0/s1. The lowest BCUT2D eigenvalue weighted by atomic mass is 9.96. The molecule has 576 valence electrons. The van der Waals surface area contributed by atoms with Crippen molar-refractivity contribution in [3.8, 4) is 0 Å². The molecule has 26 N–H and O–H groups in total. The Morgan fingerprint density at radius 1 is 0.413 bits per heavy atom. The molecule has 2 aromatic carbocycles. The Bertz CT molecular complexity index is 3410. The van der Waals surface area contributed by atoms with E-state index in [1.165, 1.54) is 13.1 Å². The highest BCUT2D eigenvalue weighted by Crippen LogP contribution is 2.20. The van der Waals surface area contributed by atoms with Crippen LogP contribution in [-0.4, -0.2) is 233 Å². The predicted molar refractivity (Wildman–Crippen MR) is 376 cm³/mol. The van der Waals surface area contributed by atoms with Crippen molar-refractivity contribution < 1.29 is 92.3 Å². The topological polar surface area (TPSA) is 613 Å². The van der Waals surface area contributed by atoms with Gasteiger partial charge in [0.05, 0.1) is 19.8 Å². The molecule has 0 saturated carbocycles. The van der Waals surface area contributed by atoms with Gasteiger partial charge in [0.15, 0.2) is 0 Å². The Kier molecular flexibility index (Phi) is 38.1. The number of rotatable bonds is 47. The van der Waals surface area contributed by atoms with E-state index in [9.17, 15) is 92.3 Å². The third-order valence-corrected chi connectivity index (χ3v) is 16.7. The predicted octanol–water partition coefficient (Wildman–Crippen LogP) is -6.41. The number of benzene rings is 2. The largest absolute Gasteiger partial charge is 0.481 e. The molecule has 0 spiro atoms. The number of para-hydroxylation sites is 1. The first-order valence-corrected chi connectivity index (χ1v) is 34.2. The van der Waals surface area contributed by atoms with E-state index in [-0.39, 0.29) is 64.7 Å². The van der Waals surface area contributed by atoms with Gasteiger partial charge in [-0.2, -0.15) is 0 Å². The summed E-state index contributed by atoms with van der Waals surface area (Å²) in [7, 11) is 0. The minimum Gasteiger partial charge on any atom is -0.481 e. The second-order valence-corrected chi connectivity index (χ2v) is 25.5. The summed E-state index contributed by atoms with van der Waals surface area (Å²) in [5.41, 5.74) is 24.6. The van der Waals surface area contributed by atoms with Crippen molar-refractivity contribution in [1.82, 2.24) is 74.1 Å². The van der Waals surface area contributed by atoms with Crippen molar-refractivity contribution in [3.05, 3.63) is 71.9 Å². The molecule has 0 fully saturated rings. The number of carboxylic acids is 2. The molecular formula is C67H104N18O19. The Balaban J connectivity index is 1.87. The molecule has 1 aromatic heterocycles. The van der Waals surface area contributed by atoms with Crippen LogP contribution >= 0.6 is 0 Å². The van der Waals surface area contributed by atoms with Crippen molar-refractivity contribution in [1.29, 1.82) is 0 Å². The van der Waals surface area contributed by atoms with Gasteiger partial charge < -0.3 is 117 Å². The summed E-state index contributed by atoms with van der Waals surface area (Å²) in [6.07, 6.45) is -0.681. The molecule has 0 aliphatic carbocycles. The third-order valence-electron chi connectivity index (χ3n) is 16.7. The number of H-pyrrole nitrogens is 1. The van der Waals surface area contributed by atoms with E-state index in [2.05, 4.69) is 74.1 Å². The van der Waals surface area contributed by atoms with Crippen LogP contribution in [0, 0.1) is 17.8 Å². The maximum Gasteiger partial charge on any atom is 0.325 e. The highest BCUT2D eigenvalue weighted by atomic mass is 16.4. The van der Waals surface area contributed by atoms with Crippen LogP contribution in [0.2, 0.25) is 0 Å². The van der Waals surface area contributed by atoms with Gasteiger partial charge >= 0.3 is 11.9 Å². The molecule has 0 radical (unpaired) electrons. The number of carboxylic acid groups (broad SMARTS) is 2. The first kappa shape index (κ1) is 88.0. The first-order chi connectivity index (χ1) is 49.3. The zero-order valence-electron chi connectivity index (χ0n) is 59.5. The maximum absolute atomic E-state index is 14.5. The number of carbonyl (C=O) groups is 15. The fraction of sp³-hybridized carbons (Fsp3) is 0.567. The molecule has 0 bridgehead atoms. The number of aromatic amines is 1. The van der Waals surface area contributed by atoms with Crippen molar-refractivity contribution >= 4 is 99.6 Å². The SMILES string of the molecule is CC[C@H](C)[C@@H](NC(=O)[C@@H](NC(=O)[C@H](CCC(=O)O)NC(=O)[C@H](Cc1ccccc1)NC(=O)[C@@H](CCN)NC(=O)[C@H](CCN)NC(=O)[C@H](CO)NC(=O)[C@@H](Cc1c[nH]c2ccccc12)NC(=O)[C@@H](CO)NC(=O)CNC(=O)[C@@H](CCN)NC(=O)[C@H](NC(=O)CCN)C(C)C)C(C)C)C(=O)N[C@@H](C)C(=O)O. The number of aliphatic hydroxyl groups is 2. The number of aliphatic hydroxyl groups excluding tert-OH is 2. The number of nitrogens with one attached hydrogen (secondary N) is 14. The monoisotopic (exact) mass is 1460 g/mol. The van der Waals surface area contributed by atoms with Gasteiger partial charge in [-0.15, -0.1) is 0 Å². The first-order valence-electron chi connectivity index (χ1n) is 34.2. The number of aliphatic carboxylic acids is 2. The van der Waals surface area contributed by atoms with Crippen LogP contribution in [0.1, 0.15) is 105 Å². The van der Waals surface area contributed by atoms with Crippen LogP contribution in [0.15, 0.2) is 60.8 Å². The summed E-state index contributed by atoms with van der Waals surface area (Å²) < 4.78 is 0. The molecule has 13 amide bonds. The third kappa shape index (κ3) is 28.9. The summed E-state index contributed by atoms with van der Waals surface area (Å²) in [5, 5.41) is 72.6. The Hall–Kier alpha value is -10.2. The lowest BCUT2D eigenvalue weighted by Crippen LogP contribution is -2.62. The zero-order valence-corrected chi connectivity index (χ0v) is 59.5. The fourth-order valence-corrected chi connectivity index (χ4v) is 10.5. The second kappa shape index (κ2) is 45.0. The van der Waals surface area contributed by atoms with Crippen molar-refractivity contribution in [2.75, 3.05) is 45.9 Å². The summed E-state index contributed by atoms with van der Waals surface area (Å²) in [6.45, 7) is 7.47. The van der Waals surface area contributed by atoms with Gasteiger partial charge in [0, 0.05) is 49.3 Å². The van der Waals surface area contributed by atoms with Crippen LogP contribution in [0.5, 0.6) is 0 Å². The smallest absolute Gasteiger partial charge is 0.325 e. The van der Waals surface area contributed by atoms with E-state index < -0.39 is 212 Å². The molecule has 37 heteroatoms. The number of amides is 13. The van der Waals surface area contributed by atoms with Crippen molar-refractivity contribution in [2.24, 2.45) is 40.7 Å². The lowest BCUT2D eigenvalue weighted by Gasteiger charge is -2.30. The molecule has 0 saturated heterocycles. The van der Waals surface area contributed by atoms with Gasteiger partial charge in [0.1, 0.15) is 72.5 Å². The molecule has 0 unspecified atom stereocenters. The van der Waals surface area contributed by atoms with Gasteiger partial charge in [0.2, 0.25) is 76.8 Å². The van der Waals surface area contributed by atoms with Crippen LogP contribution < -0.4 is 92.1 Å². The van der Waals surface area contributed by atoms with Crippen molar-refractivity contribution in [2.45, 2.75) is 179 Å².